The highest BCUT2D eigenvalue weighted by molar-refractivity contribution is 5.82. The van der Waals surface area contributed by atoms with E-state index in [0.717, 1.165) is 17.6 Å². The molecule has 0 amide bonds. The molecule has 1 fully saturated rings. The molecule has 0 bridgehead atoms. The molecule has 0 atom stereocenters. The van der Waals surface area contributed by atoms with E-state index in [4.69, 9.17) is 5.73 Å². The number of hydrogen-bond donors (Lipinski definition) is 1. The van der Waals surface area contributed by atoms with Crippen molar-refractivity contribution in [2.24, 2.45) is 0 Å². The molecule has 3 rings (SSSR count). The van der Waals surface area contributed by atoms with Crippen molar-refractivity contribution in [3.8, 4) is 0 Å². The number of aromatic nitrogens is 2. The first-order valence-corrected chi connectivity index (χ1v) is 6.73. The Hall–Kier alpha value is -1.55. The number of likely N-dealkylation sites (tertiary alicyclic amines) is 1. The van der Waals surface area contributed by atoms with E-state index in [-0.39, 0.29) is 0 Å². The third-order valence-electron chi connectivity index (χ3n) is 3.97. The Kier molecular flexibility index (Phi) is 2.96. The van der Waals surface area contributed by atoms with E-state index in [1.165, 1.54) is 31.4 Å². The van der Waals surface area contributed by atoms with E-state index >= 15 is 0 Å². The minimum Gasteiger partial charge on any atom is -0.399 e. The van der Waals surface area contributed by atoms with Gasteiger partial charge in [0.2, 0.25) is 0 Å². The Morgan fingerprint density at radius 1 is 1.33 bits per heavy atom. The van der Waals surface area contributed by atoms with Crippen LogP contribution in [0.5, 0.6) is 0 Å². The lowest BCUT2D eigenvalue weighted by molar-refractivity contribution is 0.190. The average Bonchev–Trinajstić information content (AvgIpc) is 2.81. The minimum atomic E-state index is 0.536. The van der Waals surface area contributed by atoms with Crippen LogP contribution in [0.2, 0.25) is 0 Å². The van der Waals surface area contributed by atoms with Crippen LogP contribution in [0.25, 0.3) is 10.9 Å². The number of nitrogens with two attached hydrogens (primary N) is 1. The molecule has 1 aliphatic rings. The Labute approximate surface area is 107 Å². The van der Waals surface area contributed by atoms with Gasteiger partial charge in [0.05, 0.1) is 17.8 Å². The van der Waals surface area contributed by atoms with Crippen LogP contribution in [-0.2, 0) is 0 Å². The van der Waals surface area contributed by atoms with Gasteiger partial charge in [-0.25, -0.2) is 0 Å². The van der Waals surface area contributed by atoms with Gasteiger partial charge in [0, 0.05) is 24.2 Å². The molecule has 0 unspecified atom stereocenters. The van der Waals surface area contributed by atoms with Gasteiger partial charge in [0.25, 0.3) is 0 Å². The summed E-state index contributed by atoms with van der Waals surface area (Å²) in [5.41, 5.74) is 7.82. The fourth-order valence-electron chi connectivity index (χ4n) is 2.84. The second-order valence-corrected chi connectivity index (χ2v) is 5.07. The average molecular weight is 244 g/mol. The molecule has 1 aromatic heterocycles. The van der Waals surface area contributed by atoms with Gasteiger partial charge in [-0.2, -0.15) is 5.10 Å². The van der Waals surface area contributed by atoms with E-state index < -0.39 is 0 Å². The topological polar surface area (TPSA) is 47.1 Å². The molecule has 2 heterocycles. The van der Waals surface area contributed by atoms with Crippen molar-refractivity contribution in [1.82, 2.24) is 14.7 Å². The lowest BCUT2D eigenvalue weighted by atomic mass is 10.1. The van der Waals surface area contributed by atoms with E-state index in [0.29, 0.717) is 6.04 Å². The second kappa shape index (κ2) is 4.61. The molecule has 2 N–H and O–H groups in total. The summed E-state index contributed by atoms with van der Waals surface area (Å²) in [7, 11) is 0. The molecule has 0 aliphatic carbocycles. The first-order valence-electron chi connectivity index (χ1n) is 6.73. The summed E-state index contributed by atoms with van der Waals surface area (Å²) in [5, 5.41) is 5.70. The van der Waals surface area contributed by atoms with Gasteiger partial charge in [-0.3, -0.25) is 4.68 Å². The summed E-state index contributed by atoms with van der Waals surface area (Å²) in [6.07, 6.45) is 4.31. The van der Waals surface area contributed by atoms with Crippen molar-refractivity contribution in [3.05, 3.63) is 24.4 Å². The van der Waals surface area contributed by atoms with Gasteiger partial charge >= 0.3 is 0 Å². The van der Waals surface area contributed by atoms with Gasteiger partial charge in [0.1, 0.15) is 0 Å². The first kappa shape index (κ1) is 11.5. The Morgan fingerprint density at radius 3 is 2.83 bits per heavy atom. The molecular weight excluding hydrogens is 224 g/mol. The standard InChI is InChI=1S/C14H20N4/c1-2-17-7-5-13(6-8-17)18-14-4-3-12(15)9-11(14)10-16-18/h3-4,9-10,13H,2,5-8,15H2,1H3. The van der Waals surface area contributed by atoms with Gasteiger partial charge < -0.3 is 10.6 Å². The molecule has 4 nitrogen and oxygen atoms in total. The highest BCUT2D eigenvalue weighted by atomic mass is 15.3. The van der Waals surface area contributed by atoms with Crippen LogP contribution in [0.3, 0.4) is 0 Å². The summed E-state index contributed by atoms with van der Waals surface area (Å²) < 4.78 is 2.18. The van der Waals surface area contributed by atoms with E-state index in [9.17, 15) is 0 Å². The Bertz CT molecular complexity index is 538. The number of rotatable bonds is 2. The first-order chi connectivity index (χ1) is 8.78. The summed E-state index contributed by atoms with van der Waals surface area (Å²) in [6.45, 7) is 5.74. The summed E-state index contributed by atoms with van der Waals surface area (Å²) in [5.74, 6) is 0. The van der Waals surface area contributed by atoms with Crippen molar-refractivity contribution in [3.63, 3.8) is 0 Å². The highest BCUT2D eigenvalue weighted by Crippen LogP contribution is 2.26. The maximum Gasteiger partial charge on any atom is 0.0687 e. The molecule has 0 saturated carbocycles. The number of anilines is 1. The molecular formula is C14H20N4. The molecule has 1 saturated heterocycles. The molecule has 0 radical (unpaired) electrons. The van der Waals surface area contributed by atoms with Crippen molar-refractivity contribution in [1.29, 1.82) is 0 Å². The third kappa shape index (κ3) is 1.97. The quantitative estimate of drug-likeness (QED) is 0.824. The van der Waals surface area contributed by atoms with Gasteiger partial charge in [-0.1, -0.05) is 6.92 Å². The Balaban J connectivity index is 1.87. The van der Waals surface area contributed by atoms with Gasteiger partial charge in [-0.15, -0.1) is 0 Å². The van der Waals surface area contributed by atoms with Crippen LogP contribution >= 0.6 is 0 Å². The molecule has 18 heavy (non-hydrogen) atoms. The van der Waals surface area contributed by atoms with E-state index in [1.54, 1.807) is 0 Å². The van der Waals surface area contributed by atoms with Crippen LogP contribution < -0.4 is 5.73 Å². The second-order valence-electron chi connectivity index (χ2n) is 5.07. The molecule has 0 spiro atoms. The minimum absolute atomic E-state index is 0.536. The van der Waals surface area contributed by atoms with Crippen LogP contribution in [0.15, 0.2) is 24.4 Å². The van der Waals surface area contributed by atoms with Gasteiger partial charge in [-0.05, 0) is 37.6 Å². The molecule has 2 aromatic rings. The monoisotopic (exact) mass is 244 g/mol. The number of fused-ring (bicyclic) bond motifs is 1. The maximum absolute atomic E-state index is 5.80. The number of benzene rings is 1. The predicted octanol–water partition coefficient (Wildman–Crippen LogP) is 2.28. The Morgan fingerprint density at radius 2 is 2.11 bits per heavy atom. The van der Waals surface area contributed by atoms with Crippen molar-refractivity contribution >= 4 is 16.6 Å². The molecule has 96 valence electrons. The summed E-state index contributed by atoms with van der Waals surface area (Å²) >= 11 is 0. The van der Waals surface area contributed by atoms with Crippen LogP contribution in [0, 0.1) is 0 Å². The zero-order chi connectivity index (χ0) is 12.5. The highest BCUT2D eigenvalue weighted by Gasteiger charge is 2.21. The summed E-state index contributed by atoms with van der Waals surface area (Å²) in [6, 6.07) is 6.58. The SMILES string of the molecule is CCN1CCC(n2ncc3cc(N)ccc32)CC1. The van der Waals surface area contributed by atoms with Crippen LogP contribution in [0.1, 0.15) is 25.8 Å². The fourth-order valence-corrected chi connectivity index (χ4v) is 2.84. The van der Waals surface area contributed by atoms with E-state index in [1.807, 2.05) is 18.3 Å². The number of hydrogen-bond acceptors (Lipinski definition) is 3. The number of nitrogens with zero attached hydrogens (tertiary/aromatic N) is 3. The molecule has 1 aromatic carbocycles. The van der Waals surface area contributed by atoms with Crippen molar-refractivity contribution in [2.75, 3.05) is 25.4 Å². The normalized spacial score (nSPS) is 18.5. The maximum atomic E-state index is 5.80. The lowest BCUT2D eigenvalue weighted by Crippen LogP contribution is -2.34. The predicted molar refractivity (Wildman–Crippen MR) is 74.5 cm³/mol. The smallest absolute Gasteiger partial charge is 0.0687 e. The lowest BCUT2D eigenvalue weighted by Gasteiger charge is -2.31. The molecule has 4 heteroatoms. The largest absolute Gasteiger partial charge is 0.399 e. The molecule has 1 aliphatic heterocycles. The van der Waals surface area contributed by atoms with Crippen LogP contribution in [0.4, 0.5) is 5.69 Å². The fraction of sp³-hybridized carbons (Fsp3) is 0.500. The summed E-state index contributed by atoms with van der Waals surface area (Å²) in [4.78, 5) is 2.50. The van der Waals surface area contributed by atoms with Crippen molar-refractivity contribution in [2.45, 2.75) is 25.8 Å². The zero-order valence-electron chi connectivity index (χ0n) is 10.8. The van der Waals surface area contributed by atoms with Crippen molar-refractivity contribution < 1.29 is 0 Å². The van der Waals surface area contributed by atoms with E-state index in [2.05, 4.69) is 27.7 Å². The number of nitrogen functional groups attached to an aromatic ring is 1. The zero-order valence-corrected chi connectivity index (χ0v) is 10.8. The number of piperidine rings is 1. The van der Waals surface area contributed by atoms with Gasteiger partial charge in [0.15, 0.2) is 0 Å². The third-order valence-corrected chi connectivity index (χ3v) is 3.97. The van der Waals surface area contributed by atoms with Crippen LogP contribution in [-0.4, -0.2) is 34.3 Å².